The number of rotatable bonds is 7. The van der Waals surface area contributed by atoms with Gasteiger partial charge in [-0.05, 0) is 26.2 Å². The topological polar surface area (TPSA) is 101 Å². The molecule has 0 bridgehead atoms. The molecule has 1 fully saturated rings. The number of amides is 1. The highest BCUT2D eigenvalue weighted by atomic mass is 16.5. The Labute approximate surface area is 124 Å². The van der Waals surface area contributed by atoms with Crippen LogP contribution < -0.4 is 20.7 Å². The number of carbonyl (C=O) groups is 1. The fraction of sp³-hybridized carbons (Fsp3) is 0.692. The largest absolute Gasteiger partial charge is 0.464 e. The van der Waals surface area contributed by atoms with Gasteiger partial charge in [0, 0.05) is 13.1 Å². The zero-order valence-corrected chi connectivity index (χ0v) is 12.5. The third-order valence-corrected chi connectivity index (χ3v) is 3.01. The Morgan fingerprint density at radius 3 is 2.81 bits per heavy atom. The maximum atomic E-state index is 11.8. The Morgan fingerprint density at radius 1 is 1.29 bits per heavy atom. The molecule has 1 aliphatic rings. The number of hydrogen-bond acceptors (Lipinski definition) is 7. The number of anilines is 2. The fourth-order valence-electron chi connectivity index (χ4n) is 2.00. The fourth-order valence-corrected chi connectivity index (χ4v) is 2.00. The van der Waals surface area contributed by atoms with Crippen molar-refractivity contribution in [3.63, 3.8) is 0 Å². The molecule has 3 N–H and O–H groups in total. The first-order valence-corrected chi connectivity index (χ1v) is 7.40. The van der Waals surface area contributed by atoms with Gasteiger partial charge in [0.15, 0.2) is 0 Å². The molecule has 1 amide bonds. The molecule has 1 saturated heterocycles. The van der Waals surface area contributed by atoms with Crippen LogP contribution in [0.3, 0.4) is 0 Å². The molecule has 2 heterocycles. The van der Waals surface area contributed by atoms with E-state index >= 15 is 0 Å². The van der Waals surface area contributed by atoms with E-state index in [2.05, 4.69) is 37.8 Å². The van der Waals surface area contributed by atoms with Crippen molar-refractivity contribution in [3.8, 4) is 6.01 Å². The highest BCUT2D eigenvalue weighted by molar-refractivity contribution is 5.84. The third-order valence-electron chi connectivity index (χ3n) is 3.01. The van der Waals surface area contributed by atoms with E-state index in [0.29, 0.717) is 18.5 Å². The standard InChI is InChI=1S/C13H22N6O2/c1-3-7-15-11-17-12(19-13(18-11)21-4-2)16-9-6-5-8-14-10(9)20/h9H,3-8H2,1-2H3,(H,14,20)(H2,15,16,17,18,19). The normalized spacial score (nSPS) is 18.0. The highest BCUT2D eigenvalue weighted by Crippen LogP contribution is 2.14. The SMILES string of the molecule is CCCNc1nc(NC2CCCNC2=O)nc(OCC)n1. The quantitative estimate of drug-likeness (QED) is 0.683. The van der Waals surface area contributed by atoms with E-state index in [9.17, 15) is 4.79 Å². The molecule has 0 saturated carbocycles. The van der Waals surface area contributed by atoms with Gasteiger partial charge in [0.2, 0.25) is 17.8 Å². The smallest absolute Gasteiger partial charge is 0.323 e. The van der Waals surface area contributed by atoms with E-state index in [0.717, 1.165) is 32.4 Å². The van der Waals surface area contributed by atoms with Crippen LogP contribution in [-0.2, 0) is 4.79 Å². The zero-order valence-electron chi connectivity index (χ0n) is 12.5. The Hall–Kier alpha value is -2.12. The number of carbonyl (C=O) groups excluding carboxylic acids is 1. The Bertz CT molecular complexity index is 482. The lowest BCUT2D eigenvalue weighted by atomic mass is 10.1. The molecule has 1 aromatic heterocycles. The van der Waals surface area contributed by atoms with Crippen molar-refractivity contribution in [1.82, 2.24) is 20.3 Å². The van der Waals surface area contributed by atoms with Crippen LogP contribution in [0, 0.1) is 0 Å². The first-order chi connectivity index (χ1) is 10.2. The molecule has 0 aromatic carbocycles. The summed E-state index contributed by atoms with van der Waals surface area (Å²) in [7, 11) is 0. The monoisotopic (exact) mass is 294 g/mol. The molecule has 0 aliphatic carbocycles. The molecule has 116 valence electrons. The molecule has 8 heteroatoms. The summed E-state index contributed by atoms with van der Waals surface area (Å²) in [5.74, 6) is 0.783. The minimum Gasteiger partial charge on any atom is -0.464 e. The van der Waals surface area contributed by atoms with Crippen LogP contribution in [0.4, 0.5) is 11.9 Å². The summed E-state index contributed by atoms with van der Waals surface area (Å²) in [4.78, 5) is 24.4. The van der Waals surface area contributed by atoms with Gasteiger partial charge in [-0.25, -0.2) is 0 Å². The van der Waals surface area contributed by atoms with E-state index in [1.807, 2.05) is 6.92 Å². The molecule has 2 rings (SSSR count). The molecule has 21 heavy (non-hydrogen) atoms. The molecular formula is C13H22N6O2. The molecular weight excluding hydrogens is 272 g/mol. The summed E-state index contributed by atoms with van der Waals surface area (Å²) in [6.07, 6.45) is 2.66. The second kappa shape index (κ2) is 7.61. The Balaban J connectivity index is 2.12. The predicted molar refractivity (Wildman–Crippen MR) is 79.4 cm³/mol. The van der Waals surface area contributed by atoms with Crippen molar-refractivity contribution in [2.45, 2.75) is 39.2 Å². The number of nitrogens with one attached hydrogen (secondary N) is 3. The number of aromatic nitrogens is 3. The van der Waals surface area contributed by atoms with Crippen molar-refractivity contribution < 1.29 is 9.53 Å². The molecule has 0 spiro atoms. The van der Waals surface area contributed by atoms with Crippen LogP contribution in [0.5, 0.6) is 6.01 Å². The van der Waals surface area contributed by atoms with Gasteiger partial charge in [0.1, 0.15) is 6.04 Å². The second-order valence-corrected chi connectivity index (χ2v) is 4.76. The summed E-state index contributed by atoms with van der Waals surface area (Å²) >= 11 is 0. The van der Waals surface area contributed by atoms with Gasteiger partial charge in [-0.3, -0.25) is 4.79 Å². The molecule has 1 unspecified atom stereocenters. The van der Waals surface area contributed by atoms with Gasteiger partial charge >= 0.3 is 6.01 Å². The number of piperidine rings is 1. The maximum absolute atomic E-state index is 11.8. The summed E-state index contributed by atoms with van der Waals surface area (Å²) in [6, 6.07) is -0.0560. The predicted octanol–water partition coefficient (Wildman–Crippen LogP) is 0.783. The minimum atomic E-state index is -0.311. The lowest BCUT2D eigenvalue weighted by Gasteiger charge is -2.22. The van der Waals surface area contributed by atoms with Crippen LogP contribution in [-0.4, -0.2) is 46.6 Å². The lowest BCUT2D eigenvalue weighted by Crippen LogP contribution is -2.44. The van der Waals surface area contributed by atoms with Crippen LogP contribution in [0.1, 0.15) is 33.1 Å². The van der Waals surface area contributed by atoms with E-state index in [4.69, 9.17) is 4.74 Å². The van der Waals surface area contributed by atoms with Crippen molar-refractivity contribution in [2.75, 3.05) is 30.3 Å². The van der Waals surface area contributed by atoms with E-state index in [1.54, 1.807) is 0 Å². The maximum Gasteiger partial charge on any atom is 0.323 e. The minimum absolute atomic E-state index is 0.0253. The van der Waals surface area contributed by atoms with Gasteiger partial charge in [-0.1, -0.05) is 6.92 Å². The first-order valence-electron chi connectivity index (χ1n) is 7.40. The van der Waals surface area contributed by atoms with Crippen LogP contribution in [0.15, 0.2) is 0 Å². The van der Waals surface area contributed by atoms with Gasteiger partial charge in [0.25, 0.3) is 0 Å². The van der Waals surface area contributed by atoms with E-state index in [-0.39, 0.29) is 18.0 Å². The van der Waals surface area contributed by atoms with Gasteiger partial charge in [0.05, 0.1) is 6.61 Å². The number of nitrogens with zero attached hydrogens (tertiary/aromatic N) is 3. The number of ether oxygens (including phenoxy) is 1. The average Bonchev–Trinajstić information content (AvgIpc) is 2.48. The molecule has 0 radical (unpaired) electrons. The van der Waals surface area contributed by atoms with Crippen LogP contribution in [0.25, 0.3) is 0 Å². The third kappa shape index (κ3) is 4.44. The zero-order chi connectivity index (χ0) is 15.1. The highest BCUT2D eigenvalue weighted by Gasteiger charge is 2.23. The summed E-state index contributed by atoms with van der Waals surface area (Å²) in [5, 5.41) is 8.97. The van der Waals surface area contributed by atoms with Crippen LogP contribution >= 0.6 is 0 Å². The lowest BCUT2D eigenvalue weighted by molar-refractivity contribution is -0.123. The van der Waals surface area contributed by atoms with Crippen molar-refractivity contribution >= 4 is 17.8 Å². The molecule has 1 aliphatic heterocycles. The van der Waals surface area contributed by atoms with Gasteiger partial charge < -0.3 is 20.7 Å². The van der Waals surface area contributed by atoms with E-state index < -0.39 is 0 Å². The molecule has 1 atom stereocenters. The van der Waals surface area contributed by atoms with Crippen molar-refractivity contribution in [1.29, 1.82) is 0 Å². The summed E-state index contributed by atoms with van der Waals surface area (Å²) in [5.41, 5.74) is 0. The summed E-state index contributed by atoms with van der Waals surface area (Å²) < 4.78 is 5.34. The van der Waals surface area contributed by atoms with Gasteiger partial charge in [-0.2, -0.15) is 15.0 Å². The van der Waals surface area contributed by atoms with E-state index in [1.165, 1.54) is 0 Å². The van der Waals surface area contributed by atoms with Gasteiger partial charge in [-0.15, -0.1) is 0 Å². The van der Waals surface area contributed by atoms with Crippen molar-refractivity contribution in [3.05, 3.63) is 0 Å². The second-order valence-electron chi connectivity index (χ2n) is 4.76. The van der Waals surface area contributed by atoms with Crippen LogP contribution in [0.2, 0.25) is 0 Å². The average molecular weight is 294 g/mol. The Morgan fingerprint density at radius 2 is 2.10 bits per heavy atom. The molecule has 8 nitrogen and oxygen atoms in total. The number of hydrogen-bond donors (Lipinski definition) is 3. The first kappa shape index (κ1) is 15.3. The molecule has 1 aromatic rings. The Kier molecular flexibility index (Phi) is 5.53. The van der Waals surface area contributed by atoms with Crippen molar-refractivity contribution in [2.24, 2.45) is 0 Å². The summed E-state index contributed by atoms with van der Waals surface area (Å²) in [6.45, 7) is 5.88.